The fraction of sp³-hybridized carbons (Fsp3) is 0.308. The van der Waals surface area contributed by atoms with Crippen LogP contribution in [0.15, 0.2) is 40.1 Å². The summed E-state index contributed by atoms with van der Waals surface area (Å²) in [6.07, 6.45) is 3.40. The molecule has 0 aliphatic rings. The van der Waals surface area contributed by atoms with E-state index in [1.807, 2.05) is 18.4 Å². The van der Waals surface area contributed by atoms with Gasteiger partial charge in [0, 0.05) is 10.5 Å². The van der Waals surface area contributed by atoms with Gasteiger partial charge in [-0.25, -0.2) is 18.5 Å². The maximum absolute atomic E-state index is 11.6. The molecule has 2 rings (SSSR count). The monoisotopic (exact) mass is 373 g/mol. The summed E-state index contributed by atoms with van der Waals surface area (Å²) in [4.78, 5) is 4.02. The first kappa shape index (κ1) is 16.0. The van der Waals surface area contributed by atoms with Crippen molar-refractivity contribution in [3.63, 3.8) is 0 Å². The molecule has 0 amide bonds. The number of sulfonamides is 1. The number of rotatable bonds is 5. The van der Waals surface area contributed by atoms with Crippen LogP contribution in [0.3, 0.4) is 0 Å². The molecule has 0 aliphatic carbocycles. The molecule has 0 aliphatic heterocycles. The highest BCUT2D eigenvalue weighted by Crippen LogP contribution is 2.27. The highest BCUT2D eigenvalue weighted by Gasteiger charge is 2.16. The van der Waals surface area contributed by atoms with Crippen molar-refractivity contribution < 1.29 is 13.2 Å². The van der Waals surface area contributed by atoms with Crippen LogP contribution in [0.25, 0.3) is 0 Å². The maximum Gasteiger partial charge on any atom is 0.241 e. The third-order valence-corrected chi connectivity index (χ3v) is 4.32. The van der Waals surface area contributed by atoms with E-state index >= 15 is 0 Å². The number of ether oxygens (including phenoxy) is 1. The first-order chi connectivity index (χ1) is 9.79. The number of nitrogens with zero attached hydrogens (tertiary/aromatic N) is 2. The molecule has 1 aromatic heterocycles. The summed E-state index contributed by atoms with van der Waals surface area (Å²) >= 11 is 3.22. The van der Waals surface area contributed by atoms with Gasteiger partial charge < -0.3 is 9.30 Å². The van der Waals surface area contributed by atoms with Gasteiger partial charge in [-0.05, 0) is 32.0 Å². The van der Waals surface area contributed by atoms with Crippen LogP contribution in [0.1, 0.15) is 25.6 Å². The van der Waals surface area contributed by atoms with Crippen LogP contribution in [0, 0.1) is 0 Å². The summed E-state index contributed by atoms with van der Waals surface area (Å²) in [6.45, 7) is 4.27. The Morgan fingerprint density at radius 3 is 2.76 bits per heavy atom. The summed E-state index contributed by atoms with van der Waals surface area (Å²) in [5, 5.41) is 5.21. The highest BCUT2D eigenvalue weighted by atomic mass is 79.9. The van der Waals surface area contributed by atoms with Crippen molar-refractivity contribution in [2.75, 3.05) is 0 Å². The molecule has 8 heteroatoms. The zero-order valence-corrected chi connectivity index (χ0v) is 14.1. The summed E-state index contributed by atoms with van der Waals surface area (Å²) in [6, 6.07) is 4.93. The molecule has 2 aromatic rings. The summed E-state index contributed by atoms with van der Waals surface area (Å²) in [7, 11) is -3.85. The van der Waals surface area contributed by atoms with Gasteiger partial charge in [0.05, 0.1) is 18.2 Å². The molecule has 0 atom stereocenters. The minimum absolute atomic E-state index is 0.0486. The Balaban J connectivity index is 2.27. The second-order valence-corrected chi connectivity index (χ2v) is 7.26. The number of halogens is 1. The van der Waals surface area contributed by atoms with E-state index in [4.69, 9.17) is 9.88 Å². The van der Waals surface area contributed by atoms with Crippen LogP contribution < -0.4 is 9.88 Å². The molecular formula is C13H16BrN3O3S. The van der Waals surface area contributed by atoms with Crippen molar-refractivity contribution in [2.45, 2.75) is 31.4 Å². The molecule has 6 nitrogen and oxygen atoms in total. The Labute approximate surface area is 132 Å². The average molecular weight is 374 g/mol. The molecule has 0 bridgehead atoms. The van der Waals surface area contributed by atoms with Crippen molar-refractivity contribution in [1.82, 2.24) is 9.55 Å². The second kappa shape index (κ2) is 6.17. The summed E-state index contributed by atoms with van der Waals surface area (Å²) < 4.78 is 31.4. The lowest BCUT2D eigenvalue weighted by atomic mass is 10.3. The van der Waals surface area contributed by atoms with Crippen molar-refractivity contribution in [1.29, 1.82) is 0 Å². The van der Waals surface area contributed by atoms with Gasteiger partial charge in [-0.2, -0.15) is 0 Å². The summed E-state index contributed by atoms with van der Waals surface area (Å²) in [5.74, 6) is 0.220. The number of hydrogen-bond acceptors (Lipinski definition) is 4. The van der Waals surface area contributed by atoms with Crippen molar-refractivity contribution in [3.8, 4) is 5.75 Å². The van der Waals surface area contributed by atoms with E-state index in [9.17, 15) is 8.42 Å². The molecule has 1 heterocycles. The SMILES string of the molecule is CC(C)n1cncc1COc1ccc(Br)cc1S(N)(=O)=O. The molecular weight excluding hydrogens is 358 g/mol. The maximum atomic E-state index is 11.6. The van der Waals surface area contributed by atoms with Crippen LogP contribution in [0.4, 0.5) is 0 Å². The van der Waals surface area contributed by atoms with Crippen LogP contribution >= 0.6 is 15.9 Å². The van der Waals surface area contributed by atoms with Crippen molar-refractivity contribution >= 4 is 26.0 Å². The molecule has 1 aromatic carbocycles. The topological polar surface area (TPSA) is 87.2 Å². The molecule has 0 radical (unpaired) electrons. The van der Waals surface area contributed by atoms with Gasteiger partial charge in [-0.1, -0.05) is 15.9 Å². The second-order valence-electron chi connectivity index (χ2n) is 4.81. The van der Waals surface area contributed by atoms with Gasteiger partial charge in [-0.15, -0.1) is 0 Å². The first-order valence-electron chi connectivity index (χ1n) is 6.25. The molecule has 0 spiro atoms. The van der Waals surface area contributed by atoms with E-state index in [0.29, 0.717) is 4.47 Å². The normalized spacial score (nSPS) is 11.9. The van der Waals surface area contributed by atoms with Gasteiger partial charge in [0.15, 0.2) is 0 Å². The largest absolute Gasteiger partial charge is 0.486 e. The van der Waals surface area contributed by atoms with E-state index in [1.165, 1.54) is 6.07 Å². The number of primary sulfonamides is 1. The molecule has 0 fully saturated rings. The predicted molar refractivity (Wildman–Crippen MR) is 82.5 cm³/mol. The van der Waals surface area contributed by atoms with Gasteiger partial charge in [0.25, 0.3) is 0 Å². The smallest absolute Gasteiger partial charge is 0.241 e. The molecule has 2 N–H and O–H groups in total. The van der Waals surface area contributed by atoms with Crippen molar-refractivity contribution in [2.24, 2.45) is 5.14 Å². The van der Waals surface area contributed by atoms with E-state index in [1.54, 1.807) is 24.7 Å². The Morgan fingerprint density at radius 1 is 1.43 bits per heavy atom. The number of hydrogen-bond donors (Lipinski definition) is 1. The third-order valence-electron chi connectivity index (χ3n) is 2.89. The van der Waals surface area contributed by atoms with Crippen LogP contribution in [0.5, 0.6) is 5.75 Å². The van der Waals surface area contributed by atoms with Crippen molar-refractivity contribution in [3.05, 3.63) is 40.9 Å². The Bertz CT molecular complexity index is 741. The van der Waals surface area contributed by atoms with Crippen LogP contribution in [-0.2, 0) is 16.6 Å². The number of imidazole rings is 1. The van der Waals surface area contributed by atoms with E-state index in [-0.39, 0.29) is 23.3 Å². The Hall–Kier alpha value is -1.38. The Morgan fingerprint density at radius 2 is 2.14 bits per heavy atom. The molecule has 0 saturated carbocycles. The highest BCUT2D eigenvalue weighted by molar-refractivity contribution is 9.10. The van der Waals surface area contributed by atoms with Gasteiger partial charge >= 0.3 is 0 Å². The number of aromatic nitrogens is 2. The average Bonchev–Trinajstić information content (AvgIpc) is 2.84. The van der Waals surface area contributed by atoms with Gasteiger partial charge in [0.2, 0.25) is 10.0 Å². The minimum Gasteiger partial charge on any atom is -0.486 e. The zero-order valence-electron chi connectivity index (χ0n) is 11.7. The van der Waals surface area contributed by atoms with E-state index in [0.717, 1.165) is 5.69 Å². The lowest BCUT2D eigenvalue weighted by molar-refractivity contribution is 0.284. The number of benzene rings is 1. The predicted octanol–water partition coefficient (Wildman–Crippen LogP) is 2.45. The van der Waals surface area contributed by atoms with Gasteiger partial charge in [-0.3, -0.25) is 0 Å². The van der Waals surface area contributed by atoms with Gasteiger partial charge in [0.1, 0.15) is 17.3 Å². The molecule has 114 valence electrons. The molecule has 0 unspecified atom stereocenters. The van der Waals surface area contributed by atoms with E-state index in [2.05, 4.69) is 20.9 Å². The minimum atomic E-state index is -3.85. The molecule has 0 saturated heterocycles. The van der Waals surface area contributed by atoms with E-state index < -0.39 is 10.0 Å². The number of nitrogens with two attached hydrogens (primary N) is 1. The Kier molecular flexibility index (Phi) is 4.70. The lowest BCUT2D eigenvalue weighted by Gasteiger charge is -2.14. The lowest BCUT2D eigenvalue weighted by Crippen LogP contribution is -2.14. The third kappa shape index (κ3) is 3.84. The fourth-order valence-corrected chi connectivity index (χ4v) is 3.10. The molecule has 21 heavy (non-hydrogen) atoms. The fourth-order valence-electron chi connectivity index (χ4n) is 1.88. The quantitative estimate of drug-likeness (QED) is 0.871. The summed E-state index contributed by atoms with van der Waals surface area (Å²) in [5.41, 5.74) is 0.855. The zero-order chi connectivity index (χ0) is 15.6. The first-order valence-corrected chi connectivity index (χ1v) is 8.59. The van der Waals surface area contributed by atoms with Crippen LogP contribution in [-0.4, -0.2) is 18.0 Å². The standard InChI is InChI=1S/C13H16BrN3O3S/c1-9(2)17-8-16-6-11(17)7-20-12-4-3-10(14)5-13(12)21(15,18)19/h3-6,8-9H,7H2,1-2H3,(H2,15,18,19). The van der Waals surface area contributed by atoms with Crippen LogP contribution in [0.2, 0.25) is 0 Å².